The summed E-state index contributed by atoms with van der Waals surface area (Å²) in [6, 6.07) is 13.3. The fourth-order valence-corrected chi connectivity index (χ4v) is 2.23. The van der Waals surface area contributed by atoms with Gasteiger partial charge < -0.3 is 0 Å². The normalized spacial score (nSPS) is 9.82. The average Bonchev–Trinajstić information content (AvgIpc) is 3.08. The molecule has 0 radical (unpaired) electrons. The van der Waals surface area contributed by atoms with Crippen molar-refractivity contribution >= 4 is 28.6 Å². The monoisotopic (exact) mass is 315 g/mol. The van der Waals surface area contributed by atoms with Gasteiger partial charge in [0.1, 0.15) is 0 Å². The zero-order valence-electron chi connectivity index (χ0n) is 12.0. The second-order valence-corrected chi connectivity index (χ2v) is 5.31. The second kappa shape index (κ2) is 8.02. The van der Waals surface area contributed by atoms with E-state index in [9.17, 15) is 4.79 Å². The van der Waals surface area contributed by atoms with Crippen molar-refractivity contribution in [3.8, 4) is 0 Å². The van der Waals surface area contributed by atoms with Crippen LogP contribution in [0, 0.1) is 0 Å². The Balaban J connectivity index is 1.66. The SMILES string of the molecule is C=C(NOCC(=O)NNC(=C)c1cccs1)c1ccccc1. The van der Waals surface area contributed by atoms with Crippen molar-refractivity contribution in [2.75, 3.05) is 6.61 Å². The van der Waals surface area contributed by atoms with Crippen molar-refractivity contribution < 1.29 is 9.63 Å². The molecule has 0 aliphatic heterocycles. The van der Waals surface area contributed by atoms with Crippen molar-refractivity contribution in [1.82, 2.24) is 16.3 Å². The minimum absolute atomic E-state index is 0.156. The molecule has 0 aliphatic rings. The van der Waals surface area contributed by atoms with Gasteiger partial charge in [-0.25, -0.2) is 0 Å². The molecule has 1 heterocycles. The fourth-order valence-electron chi connectivity index (χ4n) is 1.58. The third-order valence-electron chi connectivity index (χ3n) is 2.69. The number of thiophene rings is 1. The highest BCUT2D eigenvalue weighted by atomic mass is 32.1. The van der Waals surface area contributed by atoms with Crippen LogP contribution in [0.5, 0.6) is 0 Å². The maximum atomic E-state index is 11.6. The van der Waals surface area contributed by atoms with Crippen LogP contribution in [0.15, 0.2) is 61.0 Å². The predicted octanol–water partition coefficient (Wildman–Crippen LogP) is 2.53. The average molecular weight is 315 g/mol. The van der Waals surface area contributed by atoms with Gasteiger partial charge in [-0.05, 0) is 17.0 Å². The van der Waals surface area contributed by atoms with Crippen LogP contribution in [0.3, 0.4) is 0 Å². The van der Waals surface area contributed by atoms with Crippen LogP contribution in [-0.4, -0.2) is 12.5 Å². The number of amides is 1. The largest absolute Gasteiger partial charge is 0.298 e. The van der Waals surface area contributed by atoms with E-state index in [1.54, 1.807) is 0 Å². The molecular weight excluding hydrogens is 298 g/mol. The summed E-state index contributed by atoms with van der Waals surface area (Å²) in [7, 11) is 0. The van der Waals surface area contributed by atoms with Crippen LogP contribution in [0.4, 0.5) is 0 Å². The summed E-state index contributed by atoms with van der Waals surface area (Å²) in [5, 5.41) is 1.94. The first-order valence-corrected chi connectivity index (χ1v) is 7.44. The summed E-state index contributed by atoms with van der Waals surface area (Å²) in [4.78, 5) is 17.7. The molecule has 2 aromatic rings. The molecule has 0 saturated carbocycles. The molecule has 0 atom stereocenters. The minimum atomic E-state index is -0.328. The van der Waals surface area contributed by atoms with Crippen molar-refractivity contribution in [3.05, 3.63) is 71.4 Å². The van der Waals surface area contributed by atoms with Crippen molar-refractivity contribution in [1.29, 1.82) is 0 Å². The van der Waals surface area contributed by atoms with Gasteiger partial charge >= 0.3 is 0 Å². The molecule has 22 heavy (non-hydrogen) atoms. The van der Waals surface area contributed by atoms with Gasteiger partial charge in [0.2, 0.25) is 0 Å². The Bertz CT molecular complexity index is 639. The van der Waals surface area contributed by atoms with Crippen LogP contribution in [0.25, 0.3) is 11.4 Å². The zero-order chi connectivity index (χ0) is 15.8. The Labute approximate surface area is 133 Å². The molecule has 5 nitrogen and oxygen atoms in total. The lowest BCUT2D eigenvalue weighted by Crippen LogP contribution is -2.39. The van der Waals surface area contributed by atoms with Crippen molar-refractivity contribution in [3.63, 3.8) is 0 Å². The molecule has 0 aliphatic carbocycles. The van der Waals surface area contributed by atoms with Crippen LogP contribution < -0.4 is 16.3 Å². The van der Waals surface area contributed by atoms with E-state index in [2.05, 4.69) is 29.5 Å². The Kier molecular flexibility index (Phi) is 5.76. The predicted molar refractivity (Wildman–Crippen MR) is 89.2 cm³/mol. The molecular formula is C16H17N3O2S. The van der Waals surface area contributed by atoms with E-state index in [0.717, 1.165) is 10.4 Å². The van der Waals surface area contributed by atoms with Crippen molar-refractivity contribution in [2.24, 2.45) is 0 Å². The van der Waals surface area contributed by atoms with Gasteiger partial charge in [0.25, 0.3) is 5.91 Å². The number of nitrogens with one attached hydrogen (secondary N) is 3. The number of rotatable bonds is 8. The highest BCUT2D eigenvalue weighted by Crippen LogP contribution is 2.14. The molecule has 3 N–H and O–H groups in total. The summed E-state index contributed by atoms with van der Waals surface area (Å²) in [5.41, 5.74) is 10.0. The first-order valence-electron chi connectivity index (χ1n) is 6.56. The number of carbonyl (C=O) groups is 1. The van der Waals surface area contributed by atoms with E-state index in [1.165, 1.54) is 11.3 Å². The smallest absolute Gasteiger partial charge is 0.267 e. The van der Waals surface area contributed by atoms with Crippen LogP contribution in [0.1, 0.15) is 10.4 Å². The number of hydrazine groups is 1. The summed E-state index contributed by atoms with van der Waals surface area (Å²) in [5.74, 6) is -0.328. The standard InChI is InChI=1S/C16H17N3O2S/c1-12(14-7-4-3-5-8-14)19-21-11-16(20)18-17-13(2)15-9-6-10-22-15/h3-10,17,19H,1-2,11H2,(H,18,20). The molecule has 114 valence electrons. The van der Waals surface area contributed by atoms with E-state index in [0.29, 0.717) is 11.4 Å². The fraction of sp³-hybridized carbons (Fsp3) is 0.0625. The maximum absolute atomic E-state index is 11.6. The van der Waals surface area contributed by atoms with E-state index in [4.69, 9.17) is 4.84 Å². The van der Waals surface area contributed by atoms with Crippen LogP contribution in [0.2, 0.25) is 0 Å². The van der Waals surface area contributed by atoms with Gasteiger partial charge in [-0.15, -0.1) is 11.3 Å². The lowest BCUT2D eigenvalue weighted by molar-refractivity contribution is -0.127. The lowest BCUT2D eigenvalue weighted by atomic mass is 10.2. The Morgan fingerprint density at radius 1 is 1.05 bits per heavy atom. The van der Waals surface area contributed by atoms with E-state index < -0.39 is 0 Å². The summed E-state index contributed by atoms with van der Waals surface area (Å²) in [6.07, 6.45) is 0. The summed E-state index contributed by atoms with van der Waals surface area (Å²) < 4.78 is 0. The minimum Gasteiger partial charge on any atom is -0.298 e. The second-order valence-electron chi connectivity index (χ2n) is 4.36. The number of carbonyl (C=O) groups excluding carboxylic acids is 1. The van der Waals surface area contributed by atoms with Crippen molar-refractivity contribution in [2.45, 2.75) is 0 Å². The van der Waals surface area contributed by atoms with E-state index in [1.807, 2.05) is 47.8 Å². The van der Waals surface area contributed by atoms with E-state index in [-0.39, 0.29) is 12.5 Å². The van der Waals surface area contributed by atoms with Crippen LogP contribution in [-0.2, 0) is 9.63 Å². The molecule has 1 aromatic heterocycles. The summed E-state index contributed by atoms with van der Waals surface area (Å²) >= 11 is 1.53. The first kappa shape index (κ1) is 15.8. The molecule has 0 bridgehead atoms. The zero-order valence-corrected chi connectivity index (χ0v) is 12.8. The quantitative estimate of drug-likeness (QED) is 0.655. The number of hydrogen-bond donors (Lipinski definition) is 3. The lowest BCUT2D eigenvalue weighted by Gasteiger charge is -2.11. The van der Waals surface area contributed by atoms with Gasteiger partial charge in [-0.1, -0.05) is 49.6 Å². The molecule has 2 rings (SSSR count). The van der Waals surface area contributed by atoms with Gasteiger partial charge in [0.05, 0.1) is 16.3 Å². The molecule has 1 aromatic carbocycles. The molecule has 0 spiro atoms. The molecule has 6 heteroatoms. The Morgan fingerprint density at radius 2 is 1.82 bits per heavy atom. The number of benzene rings is 1. The number of hydroxylamine groups is 1. The highest BCUT2D eigenvalue weighted by Gasteiger charge is 2.04. The molecule has 1 amide bonds. The Morgan fingerprint density at radius 3 is 2.50 bits per heavy atom. The molecule has 0 saturated heterocycles. The third-order valence-corrected chi connectivity index (χ3v) is 3.62. The summed E-state index contributed by atoms with van der Waals surface area (Å²) in [6.45, 7) is 7.51. The topological polar surface area (TPSA) is 62.4 Å². The third kappa shape index (κ3) is 4.76. The van der Waals surface area contributed by atoms with Gasteiger partial charge in [0, 0.05) is 0 Å². The van der Waals surface area contributed by atoms with Gasteiger partial charge in [-0.3, -0.25) is 26.0 Å². The Hall–Kier alpha value is -2.57. The number of hydrogen-bond acceptors (Lipinski definition) is 5. The maximum Gasteiger partial charge on any atom is 0.267 e. The molecule has 0 unspecified atom stereocenters. The first-order chi connectivity index (χ1) is 10.7. The molecule has 0 fully saturated rings. The van der Waals surface area contributed by atoms with Crippen LogP contribution >= 0.6 is 11.3 Å². The highest BCUT2D eigenvalue weighted by molar-refractivity contribution is 7.11. The van der Waals surface area contributed by atoms with Gasteiger partial charge in [0.15, 0.2) is 6.61 Å². The van der Waals surface area contributed by atoms with Gasteiger partial charge in [-0.2, -0.15) is 0 Å². The van der Waals surface area contributed by atoms with E-state index >= 15 is 0 Å².